The third-order valence-corrected chi connectivity index (χ3v) is 3.74. The molecule has 0 radical (unpaired) electrons. The lowest BCUT2D eigenvalue weighted by Gasteiger charge is -2.39. The van der Waals surface area contributed by atoms with E-state index in [0.29, 0.717) is 19.3 Å². The van der Waals surface area contributed by atoms with Crippen LogP contribution in [0.3, 0.4) is 0 Å². The van der Waals surface area contributed by atoms with Gasteiger partial charge in [-0.15, -0.1) is 0 Å². The van der Waals surface area contributed by atoms with Crippen LogP contribution >= 0.6 is 0 Å². The molecule has 1 aliphatic heterocycles. The molecule has 1 heterocycles. The number of aliphatic hydroxyl groups is 1. The molecule has 3 nitrogen and oxygen atoms in total. The summed E-state index contributed by atoms with van der Waals surface area (Å²) in [6.45, 7) is 4.43. The zero-order valence-corrected chi connectivity index (χ0v) is 8.96. The van der Waals surface area contributed by atoms with Crippen molar-refractivity contribution in [1.29, 1.82) is 0 Å². The summed E-state index contributed by atoms with van der Waals surface area (Å²) < 4.78 is 5.25. The Kier molecular flexibility index (Phi) is 3.10. The molecule has 2 aliphatic rings. The van der Waals surface area contributed by atoms with Gasteiger partial charge >= 0.3 is 0 Å². The van der Waals surface area contributed by atoms with Crippen LogP contribution in [0, 0.1) is 5.92 Å². The van der Waals surface area contributed by atoms with Crippen molar-refractivity contribution in [3.63, 3.8) is 0 Å². The third-order valence-electron chi connectivity index (χ3n) is 3.74. The normalized spacial score (nSPS) is 36.4. The van der Waals surface area contributed by atoms with Gasteiger partial charge in [0.2, 0.25) is 0 Å². The molecule has 1 saturated carbocycles. The number of ether oxygens (including phenoxy) is 1. The van der Waals surface area contributed by atoms with Gasteiger partial charge in [0.25, 0.3) is 0 Å². The minimum atomic E-state index is -0.506. The maximum atomic E-state index is 10.2. The maximum Gasteiger partial charge on any atom is 0.0815 e. The van der Waals surface area contributed by atoms with Gasteiger partial charge in [-0.1, -0.05) is 6.92 Å². The molecule has 0 spiro atoms. The van der Waals surface area contributed by atoms with Crippen molar-refractivity contribution in [2.45, 2.75) is 44.2 Å². The molecule has 14 heavy (non-hydrogen) atoms. The summed E-state index contributed by atoms with van der Waals surface area (Å²) in [6.07, 6.45) is 4.16. The molecule has 2 fully saturated rings. The highest BCUT2D eigenvalue weighted by atomic mass is 16.5. The van der Waals surface area contributed by atoms with E-state index >= 15 is 0 Å². The summed E-state index contributed by atoms with van der Waals surface area (Å²) in [4.78, 5) is 0. The lowest BCUT2D eigenvalue weighted by Crippen LogP contribution is -2.51. The van der Waals surface area contributed by atoms with Crippen LogP contribution < -0.4 is 5.32 Å². The Labute approximate surface area is 85.8 Å². The van der Waals surface area contributed by atoms with E-state index in [-0.39, 0.29) is 0 Å². The maximum absolute atomic E-state index is 10.2. The first-order chi connectivity index (χ1) is 6.70. The van der Waals surface area contributed by atoms with Crippen LogP contribution in [0.25, 0.3) is 0 Å². The molecule has 1 aliphatic carbocycles. The first kappa shape index (κ1) is 10.4. The second-order valence-corrected chi connectivity index (χ2v) is 4.88. The molecule has 3 heteroatoms. The highest BCUT2D eigenvalue weighted by Gasteiger charge is 2.33. The van der Waals surface area contributed by atoms with Crippen molar-refractivity contribution in [2.75, 3.05) is 19.8 Å². The predicted molar refractivity (Wildman–Crippen MR) is 55.2 cm³/mol. The van der Waals surface area contributed by atoms with E-state index in [1.165, 1.54) is 12.8 Å². The zero-order chi connectivity index (χ0) is 10.0. The van der Waals surface area contributed by atoms with Crippen LogP contribution in [0.2, 0.25) is 0 Å². The Morgan fingerprint density at radius 3 is 2.57 bits per heavy atom. The second-order valence-electron chi connectivity index (χ2n) is 4.88. The summed E-state index contributed by atoms with van der Waals surface area (Å²) in [7, 11) is 0. The molecule has 2 N–H and O–H groups in total. The average molecular weight is 199 g/mol. The SMILES string of the molecule is CC1CCC1NCC1(O)CCOCC1. The fourth-order valence-corrected chi connectivity index (χ4v) is 2.22. The Bertz CT molecular complexity index is 190. The minimum Gasteiger partial charge on any atom is -0.388 e. The largest absolute Gasteiger partial charge is 0.388 e. The highest BCUT2D eigenvalue weighted by molar-refractivity contribution is 4.89. The summed E-state index contributed by atoms with van der Waals surface area (Å²) >= 11 is 0. The van der Waals surface area contributed by atoms with Crippen LogP contribution in [0.4, 0.5) is 0 Å². The lowest BCUT2D eigenvalue weighted by atomic mass is 9.80. The molecule has 0 aromatic carbocycles. The van der Waals surface area contributed by atoms with Crippen LogP contribution in [0.5, 0.6) is 0 Å². The van der Waals surface area contributed by atoms with Gasteiger partial charge < -0.3 is 15.2 Å². The summed E-state index contributed by atoms with van der Waals surface area (Å²) in [5, 5.41) is 13.7. The summed E-state index contributed by atoms with van der Waals surface area (Å²) in [5.41, 5.74) is -0.506. The smallest absolute Gasteiger partial charge is 0.0815 e. The molecule has 82 valence electrons. The standard InChI is InChI=1S/C11H21NO2/c1-9-2-3-10(9)12-8-11(13)4-6-14-7-5-11/h9-10,12-13H,2-8H2,1H3. The van der Waals surface area contributed by atoms with E-state index in [1.807, 2.05) is 0 Å². The Hall–Kier alpha value is -0.120. The number of hydrogen-bond donors (Lipinski definition) is 2. The molecule has 0 amide bonds. The molecular weight excluding hydrogens is 178 g/mol. The van der Waals surface area contributed by atoms with E-state index in [4.69, 9.17) is 4.74 Å². The Balaban J connectivity index is 1.72. The average Bonchev–Trinajstić information content (AvgIpc) is 2.17. The topological polar surface area (TPSA) is 41.5 Å². The van der Waals surface area contributed by atoms with Crippen molar-refractivity contribution in [3.05, 3.63) is 0 Å². The molecule has 2 unspecified atom stereocenters. The van der Waals surface area contributed by atoms with E-state index in [1.54, 1.807) is 0 Å². The van der Waals surface area contributed by atoms with Gasteiger partial charge in [0.15, 0.2) is 0 Å². The minimum absolute atomic E-state index is 0.506. The van der Waals surface area contributed by atoms with E-state index < -0.39 is 5.60 Å². The lowest BCUT2D eigenvalue weighted by molar-refractivity contribution is -0.0649. The van der Waals surface area contributed by atoms with Crippen molar-refractivity contribution in [3.8, 4) is 0 Å². The first-order valence-electron chi connectivity index (χ1n) is 5.73. The molecule has 0 aromatic rings. The molecular formula is C11H21NO2. The van der Waals surface area contributed by atoms with Crippen molar-refractivity contribution < 1.29 is 9.84 Å². The van der Waals surface area contributed by atoms with Crippen LogP contribution in [0.1, 0.15) is 32.6 Å². The number of rotatable bonds is 3. The third kappa shape index (κ3) is 2.27. The molecule has 0 aromatic heterocycles. The molecule has 2 rings (SSSR count). The van der Waals surface area contributed by atoms with Crippen LogP contribution in [0.15, 0.2) is 0 Å². The van der Waals surface area contributed by atoms with Crippen LogP contribution in [-0.4, -0.2) is 36.5 Å². The van der Waals surface area contributed by atoms with Gasteiger partial charge in [-0.2, -0.15) is 0 Å². The van der Waals surface area contributed by atoms with Crippen LogP contribution in [-0.2, 0) is 4.74 Å². The van der Waals surface area contributed by atoms with Crippen molar-refractivity contribution in [1.82, 2.24) is 5.32 Å². The van der Waals surface area contributed by atoms with Gasteiger partial charge in [0.05, 0.1) is 5.60 Å². The summed E-state index contributed by atoms with van der Waals surface area (Å²) in [5.74, 6) is 0.790. The van der Waals surface area contributed by atoms with Gasteiger partial charge in [-0.3, -0.25) is 0 Å². The highest BCUT2D eigenvalue weighted by Crippen LogP contribution is 2.27. The van der Waals surface area contributed by atoms with E-state index in [0.717, 1.165) is 25.3 Å². The molecule has 1 saturated heterocycles. The number of nitrogens with one attached hydrogen (secondary N) is 1. The Morgan fingerprint density at radius 2 is 2.07 bits per heavy atom. The molecule has 0 bridgehead atoms. The van der Waals surface area contributed by atoms with Gasteiger partial charge in [-0.05, 0) is 18.8 Å². The monoisotopic (exact) mass is 199 g/mol. The van der Waals surface area contributed by atoms with Crippen molar-refractivity contribution >= 4 is 0 Å². The zero-order valence-electron chi connectivity index (χ0n) is 8.96. The van der Waals surface area contributed by atoms with Gasteiger partial charge in [-0.25, -0.2) is 0 Å². The van der Waals surface area contributed by atoms with E-state index in [2.05, 4.69) is 12.2 Å². The predicted octanol–water partition coefficient (Wildman–Crippen LogP) is 0.916. The fourth-order valence-electron chi connectivity index (χ4n) is 2.22. The fraction of sp³-hybridized carbons (Fsp3) is 1.00. The second kappa shape index (κ2) is 4.17. The Morgan fingerprint density at radius 1 is 1.36 bits per heavy atom. The first-order valence-corrected chi connectivity index (χ1v) is 5.73. The summed E-state index contributed by atoms with van der Waals surface area (Å²) in [6, 6.07) is 0.641. The van der Waals surface area contributed by atoms with E-state index in [9.17, 15) is 5.11 Å². The van der Waals surface area contributed by atoms with Gasteiger partial charge in [0.1, 0.15) is 0 Å². The number of hydrogen-bond acceptors (Lipinski definition) is 3. The van der Waals surface area contributed by atoms with Crippen molar-refractivity contribution in [2.24, 2.45) is 5.92 Å². The quantitative estimate of drug-likeness (QED) is 0.710. The molecule has 2 atom stereocenters. The van der Waals surface area contributed by atoms with Gasteiger partial charge in [0, 0.05) is 38.6 Å².